The third-order valence-electron chi connectivity index (χ3n) is 3.27. The molecule has 2 aromatic rings. The van der Waals surface area contributed by atoms with Gasteiger partial charge in [0.05, 0.1) is 10.4 Å². The molecule has 1 aromatic carbocycles. The van der Waals surface area contributed by atoms with Gasteiger partial charge in [0, 0.05) is 25.2 Å². The fourth-order valence-electron chi connectivity index (χ4n) is 2.08. The Morgan fingerprint density at radius 3 is 2.75 bits per heavy atom. The predicted octanol–water partition coefficient (Wildman–Crippen LogP) is 1.45. The first-order valence-electron chi connectivity index (χ1n) is 6.47. The van der Waals surface area contributed by atoms with Gasteiger partial charge in [-0.05, 0) is 36.7 Å². The summed E-state index contributed by atoms with van der Waals surface area (Å²) in [7, 11) is -1.95. The summed E-state index contributed by atoms with van der Waals surface area (Å²) in [5.74, 6) is 0.114. The van der Waals surface area contributed by atoms with E-state index >= 15 is 0 Å². The van der Waals surface area contributed by atoms with E-state index in [1.807, 2.05) is 6.92 Å². The highest BCUT2D eigenvalue weighted by atomic mass is 32.2. The lowest BCUT2D eigenvalue weighted by atomic mass is 10.2. The summed E-state index contributed by atoms with van der Waals surface area (Å²) < 4.78 is 26.7. The Hall–Kier alpha value is -1.50. The number of benzene rings is 1. The first-order chi connectivity index (χ1) is 9.46. The van der Waals surface area contributed by atoms with Crippen LogP contribution in [0.3, 0.4) is 0 Å². The van der Waals surface area contributed by atoms with Crippen molar-refractivity contribution in [3.63, 3.8) is 0 Å². The Balaban J connectivity index is 2.47. The molecule has 2 N–H and O–H groups in total. The number of pyridine rings is 1. The molecule has 20 heavy (non-hydrogen) atoms. The van der Waals surface area contributed by atoms with Crippen LogP contribution in [-0.2, 0) is 10.0 Å². The number of nitrogens with zero attached hydrogens (tertiary/aromatic N) is 2. The largest absolute Gasteiger partial charge is 0.330 e. The van der Waals surface area contributed by atoms with E-state index < -0.39 is 10.0 Å². The molecule has 1 heterocycles. The zero-order valence-electron chi connectivity index (χ0n) is 11.7. The molecule has 2 rings (SSSR count). The monoisotopic (exact) mass is 293 g/mol. The van der Waals surface area contributed by atoms with Gasteiger partial charge in [-0.2, -0.15) is 0 Å². The highest BCUT2D eigenvalue weighted by molar-refractivity contribution is 7.89. The summed E-state index contributed by atoms with van der Waals surface area (Å²) in [5, 5.41) is 0.641. The smallest absolute Gasteiger partial charge is 0.243 e. The summed E-state index contributed by atoms with van der Waals surface area (Å²) in [5.41, 5.74) is 6.24. The Morgan fingerprint density at radius 1 is 1.30 bits per heavy atom. The molecule has 1 atom stereocenters. The highest BCUT2D eigenvalue weighted by Gasteiger charge is 2.24. The predicted molar refractivity (Wildman–Crippen MR) is 79.8 cm³/mol. The lowest BCUT2D eigenvalue weighted by molar-refractivity contribution is 0.405. The van der Waals surface area contributed by atoms with Crippen LogP contribution < -0.4 is 5.73 Å². The number of fused-ring (bicyclic) bond motifs is 1. The van der Waals surface area contributed by atoms with Gasteiger partial charge in [0.15, 0.2) is 0 Å². The molecular weight excluding hydrogens is 274 g/mol. The lowest BCUT2D eigenvalue weighted by Gasteiger charge is -2.21. The molecule has 0 bridgehead atoms. The van der Waals surface area contributed by atoms with Crippen molar-refractivity contribution >= 4 is 20.9 Å². The maximum atomic E-state index is 12.7. The maximum Gasteiger partial charge on any atom is 0.243 e. The molecule has 0 aliphatic rings. The van der Waals surface area contributed by atoms with E-state index in [0.29, 0.717) is 24.0 Å². The van der Waals surface area contributed by atoms with E-state index in [4.69, 9.17) is 5.73 Å². The molecule has 5 nitrogen and oxygen atoms in total. The minimum Gasteiger partial charge on any atom is -0.330 e. The van der Waals surface area contributed by atoms with Crippen LogP contribution in [-0.4, -0.2) is 37.8 Å². The number of nitrogens with two attached hydrogens (primary N) is 1. The zero-order chi connectivity index (χ0) is 14.8. The van der Waals surface area contributed by atoms with Gasteiger partial charge in [0.1, 0.15) is 0 Å². The summed E-state index contributed by atoms with van der Waals surface area (Å²) >= 11 is 0. The molecule has 0 saturated heterocycles. The second-order valence-corrected chi connectivity index (χ2v) is 6.97. The van der Waals surface area contributed by atoms with Crippen LogP contribution in [0.1, 0.15) is 6.92 Å². The quantitative estimate of drug-likeness (QED) is 0.905. The van der Waals surface area contributed by atoms with Crippen LogP contribution >= 0.6 is 0 Å². The molecule has 0 saturated carbocycles. The number of rotatable bonds is 5. The number of sulfonamides is 1. The molecule has 6 heteroatoms. The molecule has 0 aliphatic carbocycles. The van der Waals surface area contributed by atoms with Crippen LogP contribution in [0.15, 0.2) is 41.4 Å². The molecule has 0 radical (unpaired) electrons. The number of aromatic nitrogens is 1. The first-order valence-corrected chi connectivity index (χ1v) is 7.91. The van der Waals surface area contributed by atoms with Gasteiger partial charge in [-0.3, -0.25) is 4.98 Å². The minimum atomic E-state index is -3.53. The van der Waals surface area contributed by atoms with Gasteiger partial charge < -0.3 is 5.73 Å². The van der Waals surface area contributed by atoms with Crippen molar-refractivity contribution < 1.29 is 8.42 Å². The van der Waals surface area contributed by atoms with E-state index in [-0.39, 0.29) is 10.8 Å². The van der Waals surface area contributed by atoms with Crippen molar-refractivity contribution in [3.05, 3.63) is 36.5 Å². The van der Waals surface area contributed by atoms with Crippen LogP contribution in [0.5, 0.6) is 0 Å². The third-order valence-corrected chi connectivity index (χ3v) is 5.15. The van der Waals surface area contributed by atoms with E-state index in [1.165, 1.54) is 4.31 Å². The molecule has 0 aliphatic heterocycles. The Morgan fingerprint density at radius 2 is 2.05 bits per heavy atom. The standard InChI is InChI=1S/C14H19N3O2S/c1-11(9-15)10-17(2)20(18,19)14-7-3-6-13-12(14)5-4-8-16-13/h3-8,11H,9-10,15H2,1-2H3. The lowest BCUT2D eigenvalue weighted by Crippen LogP contribution is -2.33. The van der Waals surface area contributed by atoms with Crippen molar-refractivity contribution in [2.24, 2.45) is 11.7 Å². The van der Waals surface area contributed by atoms with Gasteiger partial charge in [-0.15, -0.1) is 0 Å². The van der Waals surface area contributed by atoms with E-state index in [0.717, 1.165) is 0 Å². The summed E-state index contributed by atoms with van der Waals surface area (Å²) in [6, 6.07) is 8.64. The van der Waals surface area contributed by atoms with Crippen LogP contribution in [0.4, 0.5) is 0 Å². The molecule has 0 spiro atoms. The first kappa shape index (κ1) is 14.9. The summed E-state index contributed by atoms with van der Waals surface area (Å²) in [4.78, 5) is 4.48. The average molecular weight is 293 g/mol. The Kier molecular flexibility index (Phi) is 4.37. The van der Waals surface area contributed by atoms with E-state index in [2.05, 4.69) is 4.98 Å². The van der Waals surface area contributed by atoms with Gasteiger partial charge in [-0.25, -0.2) is 12.7 Å². The fraction of sp³-hybridized carbons (Fsp3) is 0.357. The average Bonchev–Trinajstić information content (AvgIpc) is 2.46. The van der Waals surface area contributed by atoms with Crippen LogP contribution in [0.2, 0.25) is 0 Å². The van der Waals surface area contributed by atoms with Crippen molar-refractivity contribution in [3.8, 4) is 0 Å². The molecule has 0 fully saturated rings. The SMILES string of the molecule is CC(CN)CN(C)S(=O)(=O)c1cccc2ncccc12. The van der Waals surface area contributed by atoms with Crippen molar-refractivity contribution in [1.29, 1.82) is 0 Å². The molecule has 0 amide bonds. The number of hydrogen-bond acceptors (Lipinski definition) is 4. The molecular formula is C14H19N3O2S. The van der Waals surface area contributed by atoms with Gasteiger partial charge >= 0.3 is 0 Å². The fourth-order valence-corrected chi connectivity index (χ4v) is 3.57. The summed E-state index contributed by atoms with van der Waals surface area (Å²) in [6.45, 7) is 2.78. The van der Waals surface area contributed by atoms with Crippen LogP contribution in [0.25, 0.3) is 10.9 Å². The van der Waals surface area contributed by atoms with Crippen molar-refractivity contribution in [1.82, 2.24) is 9.29 Å². The zero-order valence-corrected chi connectivity index (χ0v) is 12.5. The van der Waals surface area contributed by atoms with E-state index in [1.54, 1.807) is 43.6 Å². The van der Waals surface area contributed by atoms with Crippen LogP contribution in [0, 0.1) is 5.92 Å². The van der Waals surface area contributed by atoms with E-state index in [9.17, 15) is 8.42 Å². The second-order valence-electron chi connectivity index (χ2n) is 4.95. The normalized spacial score (nSPS) is 13.8. The van der Waals surface area contributed by atoms with Gasteiger partial charge in [0.25, 0.3) is 0 Å². The maximum absolute atomic E-state index is 12.7. The topological polar surface area (TPSA) is 76.3 Å². The number of hydrogen-bond donors (Lipinski definition) is 1. The molecule has 1 unspecified atom stereocenters. The van der Waals surface area contributed by atoms with Crippen molar-refractivity contribution in [2.45, 2.75) is 11.8 Å². The third kappa shape index (κ3) is 2.82. The Labute approximate surface area is 119 Å². The summed E-state index contributed by atoms with van der Waals surface area (Å²) in [6.07, 6.45) is 1.65. The second kappa shape index (κ2) is 5.87. The van der Waals surface area contributed by atoms with Gasteiger partial charge in [-0.1, -0.05) is 13.0 Å². The molecule has 1 aromatic heterocycles. The minimum absolute atomic E-state index is 0.114. The van der Waals surface area contributed by atoms with Gasteiger partial charge in [0.2, 0.25) is 10.0 Å². The highest BCUT2D eigenvalue weighted by Crippen LogP contribution is 2.24. The Bertz CT molecular complexity index is 695. The van der Waals surface area contributed by atoms with Crippen molar-refractivity contribution in [2.75, 3.05) is 20.1 Å². The molecule has 108 valence electrons.